The van der Waals surface area contributed by atoms with Gasteiger partial charge in [-0.05, 0) is 13.8 Å². The smallest absolute Gasteiger partial charge is 0.327 e. The molecule has 4 atom stereocenters. The van der Waals surface area contributed by atoms with E-state index in [0.29, 0.717) is 0 Å². The van der Waals surface area contributed by atoms with Gasteiger partial charge in [-0.2, -0.15) is 10.0 Å². The first-order valence-electron chi connectivity index (χ1n) is 6.43. The number of nitrogens with zero attached hydrogens (tertiary/aromatic N) is 2. The van der Waals surface area contributed by atoms with Crippen molar-refractivity contribution in [3.63, 3.8) is 0 Å². The minimum absolute atomic E-state index is 0.199. The van der Waals surface area contributed by atoms with E-state index >= 15 is 0 Å². The fourth-order valence-corrected chi connectivity index (χ4v) is 2.55. The van der Waals surface area contributed by atoms with Gasteiger partial charge in [0.05, 0.1) is 26.4 Å². The molecule has 0 saturated carbocycles. The summed E-state index contributed by atoms with van der Waals surface area (Å²) < 4.78 is 20.6. The average Bonchev–Trinajstić information content (AvgIpc) is 3.00. The highest BCUT2D eigenvalue weighted by molar-refractivity contribution is 5.78. The molecule has 0 amide bonds. The Kier molecular flexibility index (Phi) is 4.59. The van der Waals surface area contributed by atoms with Crippen molar-refractivity contribution < 1.29 is 28.5 Å². The maximum absolute atomic E-state index is 11.9. The lowest BCUT2D eigenvalue weighted by molar-refractivity contribution is -0.166. The van der Waals surface area contributed by atoms with Crippen LogP contribution >= 0.6 is 0 Å². The minimum Gasteiger partial charge on any atom is -0.468 e. The molecule has 0 aromatic rings. The van der Waals surface area contributed by atoms with Gasteiger partial charge in [0.2, 0.25) is 0 Å². The van der Waals surface area contributed by atoms with Crippen molar-refractivity contribution >= 4 is 11.9 Å². The van der Waals surface area contributed by atoms with Crippen LogP contribution < -0.4 is 0 Å². The Bertz CT molecular complexity index is 354. The van der Waals surface area contributed by atoms with Gasteiger partial charge in [-0.3, -0.25) is 9.59 Å². The first-order chi connectivity index (χ1) is 9.51. The second-order valence-corrected chi connectivity index (χ2v) is 4.82. The van der Waals surface area contributed by atoms with Crippen molar-refractivity contribution in [1.82, 2.24) is 10.0 Å². The van der Waals surface area contributed by atoms with Crippen molar-refractivity contribution in [2.45, 2.75) is 38.1 Å². The molecule has 0 aliphatic carbocycles. The highest BCUT2D eigenvalue weighted by atomic mass is 16.6. The van der Waals surface area contributed by atoms with E-state index < -0.39 is 24.0 Å². The molecule has 2 aliphatic rings. The molecule has 0 aromatic carbocycles. The van der Waals surface area contributed by atoms with Gasteiger partial charge < -0.3 is 18.9 Å². The summed E-state index contributed by atoms with van der Waals surface area (Å²) in [5.41, 5.74) is 0. The fraction of sp³-hybridized carbons (Fsp3) is 0.833. The van der Waals surface area contributed by atoms with E-state index in [9.17, 15) is 9.59 Å². The number of hydrogen-bond donors (Lipinski definition) is 0. The quantitative estimate of drug-likeness (QED) is 0.634. The van der Waals surface area contributed by atoms with E-state index in [-0.39, 0.29) is 25.7 Å². The van der Waals surface area contributed by atoms with Crippen molar-refractivity contribution in [2.24, 2.45) is 0 Å². The summed E-state index contributed by atoms with van der Waals surface area (Å²) in [4.78, 5) is 23.8. The van der Waals surface area contributed by atoms with Crippen LogP contribution in [0.2, 0.25) is 0 Å². The van der Waals surface area contributed by atoms with Crippen LogP contribution in [-0.2, 0) is 28.5 Å². The molecule has 20 heavy (non-hydrogen) atoms. The van der Waals surface area contributed by atoms with E-state index in [1.54, 1.807) is 23.9 Å². The van der Waals surface area contributed by atoms with Crippen molar-refractivity contribution in [2.75, 3.05) is 27.7 Å². The standard InChI is InChI=1S/C12H20N2O6/c1-7-9(11(15)17-3)13(5-19-7)14-6-20-8(2)10(14)12(16)18-4/h7-10H,5-6H2,1-4H3/t7-,8-,9+,10+/m1/s1. The number of carbonyl (C=O) groups is 2. The largest absolute Gasteiger partial charge is 0.468 e. The van der Waals surface area contributed by atoms with Crippen LogP contribution in [0.5, 0.6) is 0 Å². The lowest BCUT2D eigenvalue weighted by Crippen LogP contribution is -2.56. The van der Waals surface area contributed by atoms with Crippen molar-refractivity contribution in [1.29, 1.82) is 0 Å². The number of carbonyl (C=O) groups excluding carboxylic acids is 2. The Hall–Kier alpha value is -1.22. The molecule has 0 unspecified atom stereocenters. The lowest BCUT2D eigenvalue weighted by Gasteiger charge is -2.33. The molecule has 2 heterocycles. The molecule has 2 rings (SSSR count). The molecule has 2 aliphatic heterocycles. The van der Waals surface area contributed by atoms with E-state index in [1.165, 1.54) is 14.2 Å². The normalized spacial score (nSPS) is 35.2. The zero-order valence-corrected chi connectivity index (χ0v) is 12.1. The molecule has 0 radical (unpaired) electrons. The highest BCUT2D eigenvalue weighted by Crippen LogP contribution is 2.27. The SMILES string of the molecule is COC(=O)[C@@H]1[C@@H](C)OCN1N1CO[C@H](C)[C@H]1C(=O)OC. The van der Waals surface area contributed by atoms with Crippen LogP contribution in [0.1, 0.15) is 13.8 Å². The molecule has 2 saturated heterocycles. The van der Waals surface area contributed by atoms with E-state index in [2.05, 4.69) is 0 Å². The number of hydrazine groups is 1. The number of methoxy groups -OCH3 is 2. The minimum atomic E-state index is -0.596. The van der Waals surface area contributed by atoms with Crippen LogP contribution in [0, 0.1) is 0 Å². The second kappa shape index (κ2) is 6.04. The van der Waals surface area contributed by atoms with Crippen LogP contribution in [0.25, 0.3) is 0 Å². The van der Waals surface area contributed by atoms with Crippen LogP contribution in [0.4, 0.5) is 0 Å². The summed E-state index contributed by atoms with van der Waals surface area (Å²) >= 11 is 0. The summed E-state index contributed by atoms with van der Waals surface area (Å²) in [7, 11) is 2.65. The van der Waals surface area contributed by atoms with Gasteiger partial charge in [0.15, 0.2) is 12.1 Å². The molecule has 8 heteroatoms. The zero-order valence-electron chi connectivity index (χ0n) is 12.1. The number of esters is 2. The molecule has 8 nitrogen and oxygen atoms in total. The molecule has 0 aromatic heterocycles. The Morgan fingerprint density at radius 2 is 1.25 bits per heavy atom. The van der Waals surface area contributed by atoms with Gasteiger partial charge in [0.1, 0.15) is 13.5 Å². The summed E-state index contributed by atoms with van der Waals surface area (Å²) in [5.74, 6) is -0.809. The second-order valence-electron chi connectivity index (χ2n) is 4.82. The van der Waals surface area contributed by atoms with Gasteiger partial charge in [0, 0.05) is 0 Å². The fourth-order valence-electron chi connectivity index (χ4n) is 2.55. The monoisotopic (exact) mass is 288 g/mol. The molecule has 0 bridgehead atoms. The van der Waals surface area contributed by atoms with Gasteiger partial charge >= 0.3 is 11.9 Å². The Labute approximate surface area is 117 Å². The first-order valence-corrected chi connectivity index (χ1v) is 6.43. The van der Waals surface area contributed by atoms with E-state index in [1.807, 2.05) is 0 Å². The van der Waals surface area contributed by atoms with Gasteiger partial charge in [-0.25, -0.2) is 0 Å². The molecule has 0 N–H and O–H groups in total. The van der Waals surface area contributed by atoms with Gasteiger partial charge in [-0.1, -0.05) is 0 Å². The third-order valence-corrected chi connectivity index (χ3v) is 3.69. The summed E-state index contributed by atoms with van der Waals surface area (Å²) in [5, 5.41) is 3.34. The Morgan fingerprint density at radius 1 is 0.900 bits per heavy atom. The third-order valence-electron chi connectivity index (χ3n) is 3.69. The summed E-state index contributed by atoms with van der Waals surface area (Å²) in [6.45, 7) is 3.97. The third kappa shape index (κ3) is 2.51. The average molecular weight is 288 g/mol. The maximum Gasteiger partial charge on any atom is 0.327 e. The van der Waals surface area contributed by atoms with E-state index in [4.69, 9.17) is 18.9 Å². The van der Waals surface area contributed by atoms with Gasteiger partial charge in [0.25, 0.3) is 0 Å². The van der Waals surface area contributed by atoms with Gasteiger partial charge in [-0.15, -0.1) is 0 Å². The maximum atomic E-state index is 11.9. The lowest BCUT2D eigenvalue weighted by atomic mass is 10.1. The predicted molar refractivity (Wildman–Crippen MR) is 66.1 cm³/mol. The Balaban J connectivity index is 2.20. The van der Waals surface area contributed by atoms with E-state index in [0.717, 1.165) is 0 Å². The van der Waals surface area contributed by atoms with Crippen LogP contribution in [-0.4, -0.2) is 73.9 Å². The zero-order chi connectivity index (χ0) is 14.9. The Morgan fingerprint density at radius 3 is 1.55 bits per heavy atom. The highest BCUT2D eigenvalue weighted by Gasteiger charge is 2.49. The molecular weight excluding hydrogens is 268 g/mol. The summed E-state index contributed by atoms with van der Waals surface area (Å²) in [6.07, 6.45) is -0.645. The first kappa shape index (κ1) is 15.2. The topological polar surface area (TPSA) is 77.5 Å². The molecular formula is C12H20N2O6. The summed E-state index contributed by atoms with van der Waals surface area (Å²) in [6, 6.07) is -1.19. The number of hydrogen-bond acceptors (Lipinski definition) is 8. The van der Waals surface area contributed by atoms with Crippen LogP contribution in [0.15, 0.2) is 0 Å². The predicted octanol–water partition coefficient (Wildman–Crippen LogP) is -0.659. The van der Waals surface area contributed by atoms with Crippen LogP contribution in [0.3, 0.4) is 0 Å². The molecule has 0 spiro atoms. The molecule has 2 fully saturated rings. The number of rotatable bonds is 3. The number of ether oxygens (including phenoxy) is 4. The van der Waals surface area contributed by atoms with Crippen molar-refractivity contribution in [3.8, 4) is 0 Å². The van der Waals surface area contributed by atoms with Crippen molar-refractivity contribution in [3.05, 3.63) is 0 Å². The molecule has 114 valence electrons.